The van der Waals surface area contributed by atoms with Gasteiger partial charge in [-0.3, -0.25) is 4.79 Å². The molecule has 0 saturated heterocycles. The van der Waals surface area contributed by atoms with E-state index in [0.29, 0.717) is 35.2 Å². The van der Waals surface area contributed by atoms with Crippen LogP contribution in [-0.4, -0.2) is 42.2 Å². The number of alkyl halides is 3. The summed E-state index contributed by atoms with van der Waals surface area (Å²) >= 11 is 4.77. The Morgan fingerprint density at radius 3 is 2.53 bits per heavy atom. The molecule has 11 heteroatoms. The van der Waals surface area contributed by atoms with Gasteiger partial charge in [-0.2, -0.15) is 0 Å². The molecule has 0 radical (unpaired) electrons. The second-order valence-electron chi connectivity index (χ2n) is 7.98. The number of aliphatic hydroxyl groups is 1. The zero-order valence-corrected chi connectivity index (χ0v) is 18.3. The molecule has 0 bridgehead atoms. The largest absolute Gasteiger partial charge is 0.487 e. The Bertz CT molecular complexity index is 1340. The Labute approximate surface area is 197 Å². The number of imidazole rings is 1. The number of nitrogens with zero attached hydrogens (tertiary/aromatic N) is 4. The number of aromatic nitrogens is 4. The topological polar surface area (TPSA) is 102 Å². The number of halogens is 3. The van der Waals surface area contributed by atoms with Crippen LogP contribution >= 0.6 is 11.6 Å². The lowest BCUT2D eigenvalue weighted by Crippen LogP contribution is -2.30. The van der Waals surface area contributed by atoms with Gasteiger partial charge in [0.1, 0.15) is 12.1 Å². The highest BCUT2D eigenvalue weighted by molar-refractivity contribution is 6.20. The van der Waals surface area contributed by atoms with E-state index in [0.717, 1.165) is 11.1 Å². The number of nitrogens with one attached hydrogen (secondary N) is 1. The Balaban J connectivity index is 1.47. The first-order valence-electron chi connectivity index (χ1n) is 10.4. The van der Waals surface area contributed by atoms with Crippen molar-refractivity contribution in [3.8, 4) is 16.9 Å². The first-order chi connectivity index (χ1) is 16.3. The number of fused-ring (bicyclic) bond motifs is 1. The standard InChI is InChI=1S/C23H18ClF2N5O3/c24-23(25,26)34-18-3-1-15(2-4-18)30-22(33)13-5-19(14-9-27-11-28-10-14)21-20(6-13)29-12-31(21)16-7-17(32)8-16/h1-6,9-12,16-17,32H,7-8H2,(H,30,33)/t16-,17+. The van der Waals surface area contributed by atoms with E-state index in [2.05, 4.69) is 25.0 Å². The zero-order valence-electron chi connectivity index (χ0n) is 17.5. The highest BCUT2D eigenvalue weighted by atomic mass is 35.5. The smallest absolute Gasteiger partial charge is 0.420 e. The van der Waals surface area contributed by atoms with Crippen LogP contribution in [-0.2, 0) is 0 Å². The summed E-state index contributed by atoms with van der Waals surface area (Å²) in [5.74, 6) is -0.553. The van der Waals surface area contributed by atoms with E-state index >= 15 is 0 Å². The van der Waals surface area contributed by atoms with Crippen LogP contribution in [0.2, 0.25) is 0 Å². The molecule has 2 N–H and O–H groups in total. The quantitative estimate of drug-likeness (QED) is 0.387. The molecular formula is C23H18ClF2N5O3. The molecular weight excluding hydrogens is 468 g/mol. The maximum Gasteiger partial charge on any atom is 0.487 e. The van der Waals surface area contributed by atoms with Gasteiger partial charge in [0.05, 0.1) is 23.5 Å². The number of anilines is 1. The third kappa shape index (κ3) is 4.55. The van der Waals surface area contributed by atoms with E-state index < -0.39 is 11.5 Å². The molecule has 5 rings (SSSR count). The Kier molecular flexibility index (Phi) is 5.62. The summed E-state index contributed by atoms with van der Waals surface area (Å²) in [7, 11) is 0. The van der Waals surface area contributed by atoms with Crippen LogP contribution in [0.1, 0.15) is 29.2 Å². The average Bonchev–Trinajstić information content (AvgIpc) is 3.21. The van der Waals surface area contributed by atoms with Gasteiger partial charge >= 0.3 is 5.57 Å². The number of rotatable bonds is 6. The van der Waals surface area contributed by atoms with Crippen molar-refractivity contribution in [1.29, 1.82) is 0 Å². The number of carbonyl (C=O) groups is 1. The predicted molar refractivity (Wildman–Crippen MR) is 121 cm³/mol. The van der Waals surface area contributed by atoms with Gasteiger partial charge in [-0.1, -0.05) is 0 Å². The van der Waals surface area contributed by atoms with Crippen LogP contribution in [0, 0.1) is 0 Å². The molecule has 0 aliphatic heterocycles. The molecule has 1 aliphatic rings. The fourth-order valence-corrected chi connectivity index (χ4v) is 4.06. The monoisotopic (exact) mass is 485 g/mol. The summed E-state index contributed by atoms with van der Waals surface area (Å²) in [4.78, 5) is 25.7. The molecule has 174 valence electrons. The molecule has 2 aromatic carbocycles. The number of hydrogen-bond donors (Lipinski definition) is 2. The molecule has 1 saturated carbocycles. The highest BCUT2D eigenvalue weighted by Gasteiger charge is 2.31. The third-order valence-corrected chi connectivity index (χ3v) is 5.71. The lowest BCUT2D eigenvalue weighted by atomic mass is 9.89. The average molecular weight is 486 g/mol. The number of benzene rings is 2. The maximum atomic E-state index is 13.0. The summed E-state index contributed by atoms with van der Waals surface area (Å²) in [6, 6.07) is 8.93. The molecule has 1 aliphatic carbocycles. The van der Waals surface area contributed by atoms with Crippen LogP contribution in [0.4, 0.5) is 14.5 Å². The van der Waals surface area contributed by atoms with E-state index in [1.165, 1.54) is 30.6 Å². The summed E-state index contributed by atoms with van der Waals surface area (Å²) in [5, 5.41) is 12.5. The van der Waals surface area contributed by atoms with Gasteiger partial charge in [0.25, 0.3) is 5.91 Å². The summed E-state index contributed by atoms with van der Waals surface area (Å²) in [5.41, 5.74) is -0.208. The summed E-state index contributed by atoms with van der Waals surface area (Å²) < 4.78 is 31.9. The second-order valence-corrected chi connectivity index (χ2v) is 8.42. The molecule has 1 fully saturated rings. The van der Waals surface area contributed by atoms with Crippen LogP contribution in [0.5, 0.6) is 5.75 Å². The number of carbonyl (C=O) groups excluding carboxylic acids is 1. The van der Waals surface area contributed by atoms with E-state index in [1.54, 1.807) is 30.9 Å². The SMILES string of the molecule is O=C(Nc1ccc(OC(F)(F)Cl)cc1)c1cc(-c2cncnc2)c2c(c1)ncn2[C@H]1C[C@@H](O)C1. The van der Waals surface area contributed by atoms with Gasteiger partial charge in [0.15, 0.2) is 0 Å². The van der Waals surface area contributed by atoms with Crippen molar-refractivity contribution in [1.82, 2.24) is 19.5 Å². The maximum absolute atomic E-state index is 13.0. The van der Waals surface area contributed by atoms with Crippen molar-refractivity contribution in [2.24, 2.45) is 0 Å². The molecule has 8 nitrogen and oxygen atoms in total. The van der Waals surface area contributed by atoms with Crippen molar-refractivity contribution < 1.29 is 23.4 Å². The Morgan fingerprint density at radius 1 is 1.18 bits per heavy atom. The molecule has 1 amide bonds. The van der Waals surface area contributed by atoms with Crippen molar-refractivity contribution in [3.63, 3.8) is 0 Å². The fraction of sp³-hybridized carbons (Fsp3) is 0.217. The minimum atomic E-state index is -3.82. The minimum absolute atomic E-state index is 0.115. The molecule has 0 unspecified atom stereocenters. The lowest BCUT2D eigenvalue weighted by Gasteiger charge is -2.33. The number of amides is 1. The summed E-state index contributed by atoms with van der Waals surface area (Å²) in [6.07, 6.45) is 7.38. The molecule has 0 atom stereocenters. The second kappa shape index (κ2) is 8.62. The normalized spacial score (nSPS) is 17.9. The van der Waals surface area contributed by atoms with Gasteiger partial charge < -0.3 is 19.7 Å². The van der Waals surface area contributed by atoms with Gasteiger partial charge in [0, 0.05) is 52.4 Å². The fourth-order valence-electron chi connectivity index (χ4n) is 3.97. The molecule has 2 aromatic heterocycles. The van der Waals surface area contributed by atoms with Crippen LogP contribution in [0.15, 0.2) is 61.4 Å². The Hall–Kier alpha value is -3.63. The molecule has 34 heavy (non-hydrogen) atoms. The Morgan fingerprint density at radius 2 is 1.88 bits per heavy atom. The number of aliphatic hydroxyl groups excluding tert-OH is 1. The minimum Gasteiger partial charge on any atom is -0.420 e. The number of hydrogen-bond acceptors (Lipinski definition) is 6. The van der Waals surface area contributed by atoms with E-state index in [-0.39, 0.29) is 17.9 Å². The highest BCUT2D eigenvalue weighted by Crippen LogP contribution is 2.38. The van der Waals surface area contributed by atoms with Crippen molar-refractivity contribution in [2.45, 2.75) is 30.6 Å². The number of ether oxygens (including phenoxy) is 1. The zero-order chi connectivity index (χ0) is 23.9. The lowest BCUT2D eigenvalue weighted by molar-refractivity contribution is -0.0964. The van der Waals surface area contributed by atoms with Gasteiger partial charge in [-0.25, -0.2) is 15.0 Å². The first kappa shape index (κ1) is 22.2. The van der Waals surface area contributed by atoms with Crippen molar-refractivity contribution >= 4 is 34.2 Å². The first-order valence-corrected chi connectivity index (χ1v) is 10.8. The van der Waals surface area contributed by atoms with Gasteiger partial charge in [0.2, 0.25) is 0 Å². The predicted octanol–water partition coefficient (Wildman–Crippen LogP) is 4.61. The van der Waals surface area contributed by atoms with E-state index in [4.69, 9.17) is 11.6 Å². The molecule has 2 heterocycles. The summed E-state index contributed by atoms with van der Waals surface area (Å²) in [6.45, 7) is 0. The molecule has 0 spiro atoms. The van der Waals surface area contributed by atoms with Gasteiger partial charge in [-0.05, 0) is 49.2 Å². The van der Waals surface area contributed by atoms with Crippen LogP contribution in [0.25, 0.3) is 22.2 Å². The van der Waals surface area contributed by atoms with Crippen molar-refractivity contribution in [3.05, 3.63) is 67.0 Å². The van der Waals surface area contributed by atoms with Crippen LogP contribution in [0.3, 0.4) is 0 Å². The van der Waals surface area contributed by atoms with Crippen molar-refractivity contribution in [2.75, 3.05) is 5.32 Å². The molecule has 4 aromatic rings. The van der Waals surface area contributed by atoms with E-state index in [1.807, 2.05) is 4.57 Å². The van der Waals surface area contributed by atoms with Gasteiger partial charge in [-0.15, -0.1) is 8.78 Å². The van der Waals surface area contributed by atoms with Crippen LogP contribution < -0.4 is 10.1 Å². The third-order valence-electron chi connectivity index (χ3n) is 5.63. The van der Waals surface area contributed by atoms with E-state index in [9.17, 15) is 18.7 Å².